The monoisotopic (exact) mass is 312 g/mol. The summed E-state index contributed by atoms with van der Waals surface area (Å²) in [4.78, 5) is 23.4. The van der Waals surface area contributed by atoms with Gasteiger partial charge in [0.05, 0.1) is 6.26 Å². The number of hydrogen-bond donors (Lipinski definition) is 2. The first-order valence-corrected chi connectivity index (χ1v) is 6.15. The first kappa shape index (κ1) is 15.6. The van der Waals surface area contributed by atoms with Crippen molar-refractivity contribution in [3.05, 3.63) is 54.0 Å². The van der Waals surface area contributed by atoms with Gasteiger partial charge in [0.1, 0.15) is 6.54 Å². The molecule has 0 aliphatic heterocycles. The summed E-state index contributed by atoms with van der Waals surface area (Å²) in [6.07, 6.45) is -3.16. The number of amides is 2. The first-order chi connectivity index (χ1) is 10.3. The average molecular weight is 312 g/mol. The van der Waals surface area contributed by atoms with Gasteiger partial charge in [-0.05, 0) is 30.3 Å². The van der Waals surface area contributed by atoms with E-state index in [0.717, 1.165) is 0 Å². The largest absolute Gasteiger partial charge is 0.459 e. The van der Waals surface area contributed by atoms with Gasteiger partial charge in [0, 0.05) is 11.3 Å². The highest BCUT2D eigenvalue weighted by atomic mass is 19.4. The van der Waals surface area contributed by atoms with E-state index in [0.29, 0.717) is 0 Å². The second-order valence-corrected chi connectivity index (χ2v) is 4.31. The fourth-order valence-corrected chi connectivity index (χ4v) is 1.62. The van der Waals surface area contributed by atoms with E-state index in [4.69, 9.17) is 4.42 Å². The van der Waals surface area contributed by atoms with Gasteiger partial charge in [0.15, 0.2) is 5.76 Å². The van der Waals surface area contributed by atoms with Gasteiger partial charge in [-0.1, -0.05) is 6.07 Å². The number of halogens is 3. The van der Waals surface area contributed by atoms with Gasteiger partial charge < -0.3 is 15.1 Å². The van der Waals surface area contributed by atoms with Crippen LogP contribution in [-0.4, -0.2) is 24.5 Å². The molecule has 2 N–H and O–H groups in total. The Balaban J connectivity index is 2.03. The molecule has 2 rings (SSSR count). The van der Waals surface area contributed by atoms with Crippen molar-refractivity contribution in [2.24, 2.45) is 0 Å². The molecule has 5 nitrogen and oxygen atoms in total. The molecule has 1 heterocycles. The number of carbonyl (C=O) groups excluding carboxylic acids is 2. The fraction of sp³-hybridized carbons (Fsp3) is 0.143. The van der Waals surface area contributed by atoms with E-state index in [1.165, 1.54) is 42.7 Å². The molecule has 0 atom stereocenters. The molecule has 0 unspecified atom stereocenters. The fourth-order valence-electron chi connectivity index (χ4n) is 1.62. The van der Waals surface area contributed by atoms with Crippen LogP contribution in [0, 0.1) is 0 Å². The summed E-state index contributed by atoms with van der Waals surface area (Å²) >= 11 is 0. The third-order valence-electron chi connectivity index (χ3n) is 2.58. The lowest BCUT2D eigenvalue weighted by atomic mass is 10.2. The zero-order chi connectivity index (χ0) is 16.2. The van der Waals surface area contributed by atoms with Gasteiger partial charge in [0.2, 0.25) is 0 Å². The molecule has 8 heteroatoms. The van der Waals surface area contributed by atoms with Gasteiger partial charge in [-0.25, -0.2) is 0 Å². The number of carbonyl (C=O) groups is 2. The number of hydrogen-bond acceptors (Lipinski definition) is 3. The zero-order valence-electron chi connectivity index (χ0n) is 11.1. The van der Waals surface area contributed by atoms with Crippen LogP contribution >= 0.6 is 0 Å². The minimum Gasteiger partial charge on any atom is -0.459 e. The number of furan rings is 1. The number of nitrogens with one attached hydrogen (secondary N) is 2. The Kier molecular flexibility index (Phi) is 4.50. The van der Waals surface area contributed by atoms with E-state index in [2.05, 4.69) is 5.32 Å². The molecule has 0 radical (unpaired) electrons. The summed E-state index contributed by atoms with van der Waals surface area (Å²) < 4.78 is 41.1. The maximum atomic E-state index is 12.1. The lowest BCUT2D eigenvalue weighted by Crippen LogP contribution is -2.33. The Hall–Kier alpha value is -2.77. The van der Waals surface area contributed by atoms with E-state index >= 15 is 0 Å². The van der Waals surface area contributed by atoms with Crippen molar-refractivity contribution in [1.82, 2.24) is 5.32 Å². The van der Waals surface area contributed by atoms with E-state index in [1.54, 1.807) is 5.32 Å². The Morgan fingerprint density at radius 3 is 2.50 bits per heavy atom. The van der Waals surface area contributed by atoms with Crippen molar-refractivity contribution >= 4 is 17.5 Å². The lowest BCUT2D eigenvalue weighted by molar-refractivity contribution is -0.123. The quantitative estimate of drug-likeness (QED) is 0.912. The van der Waals surface area contributed by atoms with Crippen LogP contribution in [0.15, 0.2) is 47.1 Å². The molecule has 2 aromatic rings. The third-order valence-corrected chi connectivity index (χ3v) is 2.58. The van der Waals surface area contributed by atoms with Crippen LogP contribution < -0.4 is 10.6 Å². The molecule has 2 amide bonds. The summed E-state index contributed by atoms with van der Waals surface area (Å²) in [7, 11) is 0. The zero-order valence-corrected chi connectivity index (χ0v) is 11.1. The topological polar surface area (TPSA) is 71.3 Å². The van der Waals surface area contributed by atoms with Gasteiger partial charge >= 0.3 is 6.18 Å². The minimum absolute atomic E-state index is 0.00138. The van der Waals surface area contributed by atoms with Gasteiger partial charge in [-0.3, -0.25) is 9.59 Å². The summed E-state index contributed by atoms with van der Waals surface area (Å²) in [6.45, 7) is -1.42. The highest BCUT2D eigenvalue weighted by Crippen LogP contribution is 2.15. The molecule has 1 aromatic carbocycles. The molecule has 0 fully saturated rings. The molecule has 0 bridgehead atoms. The highest BCUT2D eigenvalue weighted by molar-refractivity contribution is 6.03. The Morgan fingerprint density at radius 1 is 1.09 bits per heavy atom. The number of anilines is 1. The van der Waals surface area contributed by atoms with Gasteiger partial charge in [-0.2, -0.15) is 13.2 Å². The maximum absolute atomic E-state index is 12.1. The maximum Gasteiger partial charge on any atom is 0.405 e. The number of alkyl halides is 3. The predicted molar refractivity (Wildman–Crippen MR) is 71.5 cm³/mol. The van der Waals surface area contributed by atoms with Crippen molar-refractivity contribution in [3.8, 4) is 0 Å². The number of rotatable bonds is 4. The van der Waals surface area contributed by atoms with Crippen LogP contribution in [-0.2, 0) is 0 Å². The molecule has 0 aliphatic carbocycles. The normalized spacial score (nSPS) is 11.0. The number of benzene rings is 1. The summed E-state index contributed by atoms with van der Waals surface area (Å²) in [5.74, 6) is -1.34. The second kappa shape index (κ2) is 6.33. The third kappa shape index (κ3) is 4.37. The van der Waals surface area contributed by atoms with Crippen molar-refractivity contribution in [2.75, 3.05) is 11.9 Å². The van der Waals surface area contributed by atoms with E-state index in [1.807, 2.05) is 0 Å². The molecule has 1 aromatic heterocycles. The van der Waals surface area contributed by atoms with E-state index in [9.17, 15) is 22.8 Å². The average Bonchev–Trinajstić information content (AvgIpc) is 2.98. The van der Waals surface area contributed by atoms with Crippen LogP contribution in [0.25, 0.3) is 0 Å². The van der Waals surface area contributed by atoms with Gasteiger partial charge in [-0.15, -0.1) is 0 Å². The Labute approximate surface area is 123 Å². The first-order valence-electron chi connectivity index (χ1n) is 6.15. The van der Waals surface area contributed by atoms with Crippen LogP contribution in [0.3, 0.4) is 0 Å². The van der Waals surface area contributed by atoms with Crippen LogP contribution in [0.5, 0.6) is 0 Å². The lowest BCUT2D eigenvalue weighted by Gasteiger charge is -2.09. The van der Waals surface area contributed by atoms with Crippen molar-refractivity contribution in [2.45, 2.75) is 6.18 Å². The smallest absolute Gasteiger partial charge is 0.405 e. The van der Waals surface area contributed by atoms with Gasteiger partial charge in [0.25, 0.3) is 11.8 Å². The predicted octanol–water partition coefficient (Wildman–Crippen LogP) is 2.82. The molecule has 22 heavy (non-hydrogen) atoms. The van der Waals surface area contributed by atoms with E-state index < -0.39 is 24.5 Å². The van der Waals surface area contributed by atoms with Crippen LogP contribution in [0.2, 0.25) is 0 Å². The SMILES string of the molecule is O=C(NCC(F)(F)F)c1cccc(NC(=O)c2ccco2)c1. The van der Waals surface area contributed by atoms with Crippen molar-refractivity contribution in [3.63, 3.8) is 0 Å². The molecule has 0 aliphatic rings. The van der Waals surface area contributed by atoms with Crippen LogP contribution in [0.1, 0.15) is 20.9 Å². The van der Waals surface area contributed by atoms with E-state index in [-0.39, 0.29) is 17.0 Å². The Morgan fingerprint density at radius 2 is 1.86 bits per heavy atom. The molecule has 0 saturated heterocycles. The summed E-state index contributed by atoms with van der Waals surface area (Å²) in [5, 5.41) is 4.23. The summed E-state index contributed by atoms with van der Waals surface area (Å²) in [5.41, 5.74) is 0.266. The van der Waals surface area contributed by atoms with Crippen molar-refractivity contribution in [1.29, 1.82) is 0 Å². The standard InChI is InChI=1S/C14H11F3N2O3/c15-14(16,17)8-18-12(20)9-3-1-4-10(7-9)19-13(21)11-5-2-6-22-11/h1-7H,8H2,(H,18,20)(H,19,21). The molecule has 0 spiro atoms. The Bertz CT molecular complexity index is 666. The minimum atomic E-state index is -4.49. The summed E-state index contributed by atoms with van der Waals surface area (Å²) in [6, 6.07) is 8.55. The second-order valence-electron chi connectivity index (χ2n) is 4.31. The van der Waals surface area contributed by atoms with Crippen LogP contribution in [0.4, 0.5) is 18.9 Å². The highest BCUT2D eigenvalue weighted by Gasteiger charge is 2.27. The molecule has 0 saturated carbocycles. The molecular weight excluding hydrogens is 301 g/mol. The molecule has 116 valence electrons. The van der Waals surface area contributed by atoms with Crippen molar-refractivity contribution < 1.29 is 27.2 Å². The molecular formula is C14H11F3N2O3.